The topological polar surface area (TPSA) is 54.9 Å². The number of hydrogen-bond acceptors (Lipinski definition) is 2. The second-order valence-corrected chi connectivity index (χ2v) is 5.54. The van der Waals surface area contributed by atoms with E-state index in [1.165, 1.54) is 0 Å². The largest absolute Gasteiger partial charge is 0.334 e. The summed E-state index contributed by atoms with van der Waals surface area (Å²) < 4.78 is 15.2. The van der Waals surface area contributed by atoms with Gasteiger partial charge in [-0.05, 0) is 17.5 Å². The second kappa shape index (κ2) is 5.13. The lowest BCUT2D eigenvalue weighted by Gasteiger charge is -2.10. The van der Waals surface area contributed by atoms with Gasteiger partial charge in [-0.25, -0.2) is 9.36 Å². The van der Waals surface area contributed by atoms with Crippen molar-refractivity contribution in [1.29, 1.82) is 0 Å². The molecule has 0 radical (unpaired) electrons. The molecule has 1 N–H and O–H groups in total. The lowest BCUT2D eigenvalue weighted by Crippen LogP contribution is -2.35. The van der Waals surface area contributed by atoms with Crippen molar-refractivity contribution in [3.05, 3.63) is 72.7 Å². The van der Waals surface area contributed by atoms with Gasteiger partial charge in [0.15, 0.2) is 5.15 Å². The molecular formula is C14H7BrClFN2O2. The zero-order valence-electron chi connectivity index (χ0n) is 10.4. The fourth-order valence-corrected chi connectivity index (χ4v) is 2.79. The van der Waals surface area contributed by atoms with Crippen molar-refractivity contribution in [1.82, 2.24) is 9.55 Å². The molecule has 0 atom stereocenters. The van der Waals surface area contributed by atoms with E-state index < -0.39 is 22.2 Å². The summed E-state index contributed by atoms with van der Waals surface area (Å²) in [6.07, 6.45) is 0. The first-order chi connectivity index (χ1) is 10.0. The van der Waals surface area contributed by atoms with Crippen LogP contribution in [0.4, 0.5) is 4.39 Å². The van der Waals surface area contributed by atoms with Crippen LogP contribution in [0.3, 0.4) is 0 Å². The molecule has 3 aromatic rings. The second-order valence-electron chi connectivity index (χ2n) is 4.31. The zero-order valence-corrected chi connectivity index (χ0v) is 12.7. The fourth-order valence-electron chi connectivity index (χ4n) is 2.15. The maximum Gasteiger partial charge on any atom is 0.334 e. The molecule has 3 rings (SSSR count). The molecule has 106 valence electrons. The van der Waals surface area contributed by atoms with Gasteiger partial charge < -0.3 is 0 Å². The minimum atomic E-state index is -1.19. The van der Waals surface area contributed by atoms with E-state index in [2.05, 4.69) is 20.9 Å². The number of rotatable bonds is 1. The number of aromatic amines is 1. The summed E-state index contributed by atoms with van der Waals surface area (Å²) in [6.45, 7) is 0. The highest BCUT2D eigenvalue weighted by Gasteiger charge is 2.16. The minimum absolute atomic E-state index is 0.288. The van der Waals surface area contributed by atoms with E-state index in [4.69, 9.17) is 11.6 Å². The third-order valence-electron chi connectivity index (χ3n) is 3.09. The van der Waals surface area contributed by atoms with E-state index in [0.717, 1.165) is 14.4 Å². The van der Waals surface area contributed by atoms with E-state index in [-0.39, 0.29) is 5.69 Å². The standard InChI is InChI=1S/C14H7BrClFN2O2/c15-9-5-6-10(8-4-2-1-3-7(8)9)19-13(20)11(17)12(16)18-14(19)21/h1-6H,(H,18,21). The molecule has 0 saturated heterocycles. The van der Waals surface area contributed by atoms with Gasteiger partial charge in [0.2, 0.25) is 5.82 Å². The van der Waals surface area contributed by atoms with Crippen molar-refractivity contribution < 1.29 is 4.39 Å². The Morgan fingerprint density at radius 2 is 1.76 bits per heavy atom. The Bertz CT molecular complexity index is 981. The van der Waals surface area contributed by atoms with Gasteiger partial charge in [-0.3, -0.25) is 9.78 Å². The number of hydrogen-bond donors (Lipinski definition) is 1. The lowest BCUT2D eigenvalue weighted by molar-refractivity contribution is 0.585. The van der Waals surface area contributed by atoms with Gasteiger partial charge >= 0.3 is 5.69 Å². The van der Waals surface area contributed by atoms with Crippen LogP contribution in [0.25, 0.3) is 16.5 Å². The molecule has 0 saturated carbocycles. The van der Waals surface area contributed by atoms with Gasteiger partial charge in [-0.2, -0.15) is 4.39 Å². The van der Waals surface area contributed by atoms with Crippen molar-refractivity contribution in [2.24, 2.45) is 0 Å². The Morgan fingerprint density at radius 1 is 1.10 bits per heavy atom. The Labute approximate surface area is 130 Å². The molecule has 0 bridgehead atoms. The average Bonchev–Trinajstić information content (AvgIpc) is 2.47. The molecule has 7 heteroatoms. The number of benzene rings is 2. The Hall–Kier alpha value is -1.92. The van der Waals surface area contributed by atoms with Crippen LogP contribution in [0, 0.1) is 5.82 Å². The van der Waals surface area contributed by atoms with Crippen LogP contribution >= 0.6 is 27.5 Å². The van der Waals surface area contributed by atoms with Crippen molar-refractivity contribution in [2.75, 3.05) is 0 Å². The number of halogens is 3. The Kier molecular flexibility index (Phi) is 3.43. The van der Waals surface area contributed by atoms with Crippen LogP contribution < -0.4 is 11.2 Å². The Balaban J connectivity index is 2.49. The molecule has 1 heterocycles. The summed E-state index contributed by atoms with van der Waals surface area (Å²) in [5, 5.41) is 0.848. The normalized spacial score (nSPS) is 11.0. The van der Waals surface area contributed by atoms with Gasteiger partial charge in [-0.1, -0.05) is 51.8 Å². The molecule has 0 amide bonds. The molecule has 0 spiro atoms. The van der Waals surface area contributed by atoms with Gasteiger partial charge in [0.1, 0.15) is 0 Å². The third kappa shape index (κ3) is 2.20. The molecule has 0 aliphatic carbocycles. The van der Waals surface area contributed by atoms with Crippen LogP contribution in [-0.2, 0) is 0 Å². The van der Waals surface area contributed by atoms with Crippen LogP contribution in [0.2, 0.25) is 5.15 Å². The van der Waals surface area contributed by atoms with Crippen LogP contribution in [0.1, 0.15) is 0 Å². The first kappa shape index (κ1) is 14.0. The monoisotopic (exact) mass is 368 g/mol. The van der Waals surface area contributed by atoms with Crippen LogP contribution in [0.5, 0.6) is 0 Å². The zero-order chi connectivity index (χ0) is 15.1. The van der Waals surface area contributed by atoms with Gasteiger partial charge in [0, 0.05) is 9.86 Å². The highest BCUT2D eigenvalue weighted by Crippen LogP contribution is 2.28. The van der Waals surface area contributed by atoms with Gasteiger partial charge in [0.25, 0.3) is 5.56 Å². The van der Waals surface area contributed by atoms with Crippen molar-refractivity contribution >= 4 is 38.3 Å². The summed E-state index contributed by atoms with van der Waals surface area (Å²) >= 11 is 8.87. The van der Waals surface area contributed by atoms with E-state index in [0.29, 0.717) is 5.39 Å². The number of nitrogens with zero attached hydrogens (tertiary/aromatic N) is 1. The van der Waals surface area contributed by atoms with Crippen LogP contribution in [0.15, 0.2) is 50.5 Å². The Morgan fingerprint density at radius 3 is 2.48 bits per heavy atom. The number of aromatic nitrogens is 2. The van der Waals surface area contributed by atoms with Gasteiger partial charge in [0.05, 0.1) is 5.69 Å². The first-order valence-electron chi connectivity index (χ1n) is 5.88. The fraction of sp³-hybridized carbons (Fsp3) is 0. The van der Waals surface area contributed by atoms with E-state index >= 15 is 0 Å². The lowest BCUT2D eigenvalue weighted by atomic mass is 10.1. The molecule has 4 nitrogen and oxygen atoms in total. The summed E-state index contributed by atoms with van der Waals surface area (Å²) in [4.78, 5) is 26.1. The number of nitrogens with one attached hydrogen (secondary N) is 1. The smallest absolute Gasteiger partial charge is 0.295 e. The average molecular weight is 370 g/mol. The molecular weight excluding hydrogens is 363 g/mol. The molecule has 0 unspecified atom stereocenters. The van der Waals surface area contributed by atoms with Crippen molar-refractivity contribution in [3.63, 3.8) is 0 Å². The minimum Gasteiger partial charge on any atom is -0.295 e. The predicted octanol–water partition coefficient (Wildman–Crippen LogP) is 3.23. The highest BCUT2D eigenvalue weighted by atomic mass is 79.9. The van der Waals surface area contributed by atoms with E-state index in [9.17, 15) is 14.0 Å². The number of H-pyrrole nitrogens is 1. The highest BCUT2D eigenvalue weighted by molar-refractivity contribution is 9.10. The summed E-state index contributed by atoms with van der Waals surface area (Å²) in [7, 11) is 0. The SMILES string of the molecule is O=c1[nH]c(Cl)c(F)c(=O)n1-c1ccc(Br)c2ccccc12. The molecule has 0 aliphatic rings. The van der Waals surface area contributed by atoms with Crippen molar-refractivity contribution in [2.45, 2.75) is 0 Å². The molecule has 1 aromatic heterocycles. The van der Waals surface area contributed by atoms with Gasteiger partial charge in [-0.15, -0.1) is 0 Å². The summed E-state index contributed by atoms with van der Waals surface area (Å²) in [5.41, 5.74) is -1.59. The number of fused-ring (bicyclic) bond motifs is 1. The summed E-state index contributed by atoms with van der Waals surface area (Å²) in [5.74, 6) is -1.19. The maximum absolute atomic E-state index is 13.7. The first-order valence-corrected chi connectivity index (χ1v) is 7.06. The molecule has 21 heavy (non-hydrogen) atoms. The van der Waals surface area contributed by atoms with Crippen LogP contribution in [-0.4, -0.2) is 9.55 Å². The predicted molar refractivity (Wildman–Crippen MR) is 82.8 cm³/mol. The maximum atomic E-state index is 13.7. The molecule has 2 aromatic carbocycles. The summed E-state index contributed by atoms with van der Waals surface area (Å²) in [6, 6.07) is 10.4. The van der Waals surface area contributed by atoms with E-state index in [1.54, 1.807) is 24.3 Å². The molecule has 0 aliphatic heterocycles. The molecule has 0 fully saturated rings. The van der Waals surface area contributed by atoms with Crippen molar-refractivity contribution in [3.8, 4) is 5.69 Å². The van der Waals surface area contributed by atoms with E-state index in [1.807, 2.05) is 12.1 Å². The third-order valence-corrected chi connectivity index (χ3v) is 4.04. The quantitative estimate of drug-likeness (QED) is 0.670.